The summed E-state index contributed by atoms with van der Waals surface area (Å²) in [5, 5.41) is 1.89. The van der Waals surface area contributed by atoms with E-state index in [0.717, 1.165) is 25.8 Å². The van der Waals surface area contributed by atoms with Crippen LogP contribution in [0.2, 0.25) is 0 Å². The average Bonchev–Trinajstić information content (AvgIpc) is 2.36. The summed E-state index contributed by atoms with van der Waals surface area (Å²) in [4.78, 5) is 13.4. The van der Waals surface area contributed by atoms with Crippen molar-refractivity contribution in [2.45, 2.75) is 38.4 Å². The van der Waals surface area contributed by atoms with E-state index in [1.54, 1.807) is 0 Å². The summed E-state index contributed by atoms with van der Waals surface area (Å²) in [6.45, 7) is 1.99. The van der Waals surface area contributed by atoms with Gasteiger partial charge >= 0.3 is 6.18 Å². The molecular weight excluding hydrogens is 259 g/mol. The van der Waals surface area contributed by atoms with E-state index in [4.69, 9.17) is 5.73 Å². The Kier molecular flexibility index (Phi) is 6.06. The predicted molar refractivity (Wildman–Crippen MR) is 66.5 cm³/mol. The fourth-order valence-corrected chi connectivity index (χ4v) is 2.45. The molecule has 0 aliphatic carbocycles. The molecule has 4 nitrogen and oxygen atoms in total. The molecule has 0 aromatic carbocycles. The SMILES string of the molecule is CCC1CCN(CC(=O)NCC(F)(F)F)C(CN)C1. The third-order valence-corrected chi connectivity index (χ3v) is 3.63. The highest BCUT2D eigenvalue weighted by atomic mass is 19.4. The molecule has 0 saturated carbocycles. The van der Waals surface area contributed by atoms with Crippen molar-refractivity contribution >= 4 is 5.91 Å². The van der Waals surface area contributed by atoms with Gasteiger partial charge in [-0.25, -0.2) is 0 Å². The molecule has 0 aromatic rings. The van der Waals surface area contributed by atoms with Crippen LogP contribution in [0.4, 0.5) is 13.2 Å². The highest BCUT2D eigenvalue weighted by Gasteiger charge is 2.30. The number of halogens is 3. The van der Waals surface area contributed by atoms with Gasteiger partial charge in [0.1, 0.15) is 6.54 Å². The van der Waals surface area contributed by atoms with E-state index in [-0.39, 0.29) is 12.6 Å². The Balaban J connectivity index is 2.40. The van der Waals surface area contributed by atoms with E-state index >= 15 is 0 Å². The van der Waals surface area contributed by atoms with Crippen molar-refractivity contribution in [2.75, 3.05) is 26.2 Å². The van der Waals surface area contributed by atoms with Gasteiger partial charge in [-0.1, -0.05) is 13.3 Å². The van der Waals surface area contributed by atoms with Crippen molar-refractivity contribution in [1.82, 2.24) is 10.2 Å². The zero-order valence-corrected chi connectivity index (χ0v) is 11.2. The van der Waals surface area contributed by atoms with Gasteiger partial charge in [-0.3, -0.25) is 9.69 Å². The van der Waals surface area contributed by atoms with Crippen LogP contribution in [0.3, 0.4) is 0 Å². The van der Waals surface area contributed by atoms with Crippen LogP contribution in [-0.4, -0.2) is 49.2 Å². The second-order valence-corrected chi connectivity index (χ2v) is 5.05. The number of hydrogen-bond acceptors (Lipinski definition) is 3. The number of hydrogen-bond donors (Lipinski definition) is 2. The van der Waals surface area contributed by atoms with Crippen LogP contribution in [-0.2, 0) is 4.79 Å². The summed E-state index contributed by atoms with van der Waals surface area (Å²) in [5.74, 6) is 0.00811. The van der Waals surface area contributed by atoms with Gasteiger partial charge in [0.15, 0.2) is 0 Å². The number of carbonyl (C=O) groups is 1. The number of rotatable bonds is 5. The minimum absolute atomic E-state index is 0.00557. The molecule has 7 heteroatoms. The molecule has 112 valence electrons. The maximum absolute atomic E-state index is 12.0. The second-order valence-electron chi connectivity index (χ2n) is 5.05. The van der Waals surface area contributed by atoms with Crippen molar-refractivity contribution in [3.05, 3.63) is 0 Å². The van der Waals surface area contributed by atoms with E-state index in [1.807, 2.05) is 10.2 Å². The van der Waals surface area contributed by atoms with E-state index in [2.05, 4.69) is 6.92 Å². The Bertz CT molecular complexity index is 296. The standard InChI is InChI=1S/C12H22F3N3O/c1-2-9-3-4-18(10(5-9)6-16)7-11(19)17-8-12(13,14)15/h9-10H,2-8,16H2,1H3,(H,17,19). The van der Waals surface area contributed by atoms with Crippen molar-refractivity contribution in [3.8, 4) is 0 Å². The highest BCUT2D eigenvalue weighted by molar-refractivity contribution is 5.78. The molecule has 2 unspecified atom stereocenters. The first-order valence-electron chi connectivity index (χ1n) is 6.63. The molecule has 1 rings (SSSR count). The Morgan fingerprint density at radius 2 is 2.16 bits per heavy atom. The molecule has 2 atom stereocenters. The number of nitrogens with one attached hydrogen (secondary N) is 1. The molecule has 1 amide bonds. The number of nitrogens with zero attached hydrogens (tertiary/aromatic N) is 1. The smallest absolute Gasteiger partial charge is 0.346 e. The Morgan fingerprint density at radius 1 is 1.47 bits per heavy atom. The zero-order valence-electron chi connectivity index (χ0n) is 11.2. The first kappa shape index (κ1) is 16.2. The van der Waals surface area contributed by atoms with Crippen LogP contribution >= 0.6 is 0 Å². The molecule has 1 fully saturated rings. The normalized spacial score (nSPS) is 25.3. The van der Waals surface area contributed by atoms with Gasteiger partial charge in [0, 0.05) is 12.6 Å². The van der Waals surface area contributed by atoms with Crippen LogP contribution in [0.5, 0.6) is 0 Å². The van der Waals surface area contributed by atoms with Crippen LogP contribution < -0.4 is 11.1 Å². The van der Waals surface area contributed by atoms with E-state index in [9.17, 15) is 18.0 Å². The van der Waals surface area contributed by atoms with Crippen LogP contribution in [0.15, 0.2) is 0 Å². The van der Waals surface area contributed by atoms with Gasteiger partial charge in [-0.2, -0.15) is 13.2 Å². The van der Waals surface area contributed by atoms with Gasteiger partial charge in [-0.05, 0) is 25.3 Å². The molecule has 1 heterocycles. The summed E-state index contributed by atoms with van der Waals surface area (Å²) in [7, 11) is 0. The molecule has 3 N–H and O–H groups in total. The molecule has 1 aliphatic rings. The lowest BCUT2D eigenvalue weighted by Crippen LogP contribution is -2.51. The molecule has 0 aromatic heterocycles. The van der Waals surface area contributed by atoms with Gasteiger partial charge in [0.2, 0.25) is 5.91 Å². The molecule has 0 radical (unpaired) electrons. The van der Waals surface area contributed by atoms with Gasteiger partial charge in [0.05, 0.1) is 6.54 Å². The summed E-state index contributed by atoms with van der Waals surface area (Å²) in [6.07, 6.45) is -1.40. The lowest BCUT2D eigenvalue weighted by atomic mass is 9.89. The van der Waals surface area contributed by atoms with Crippen molar-refractivity contribution in [2.24, 2.45) is 11.7 Å². The second kappa shape index (κ2) is 7.09. The van der Waals surface area contributed by atoms with E-state index < -0.39 is 18.6 Å². The van der Waals surface area contributed by atoms with Crippen LogP contribution in [0.1, 0.15) is 26.2 Å². The van der Waals surface area contributed by atoms with Crippen molar-refractivity contribution in [3.63, 3.8) is 0 Å². The first-order chi connectivity index (χ1) is 8.85. The zero-order chi connectivity index (χ0) is 14.5. The third kappa shape index (κ3) is 5.78. The highest BCUT2D eigenvalue weighted by Crippen LogP contribution is 2.24. The molecule has 1 saturated heterocycles. The number of piperidine rings is 1. The summed E-state index contributed by atoms with van der Waals surface area (Å²) in [6, 6.07) is 0.0929. The average molecular weight is 281 g/mol. The summed E-state index contributed by atoms with van der Waals surface area (Å²) >= 11 is 0. The molecule has 19 heavy (non-hydrogen) atoms. The maximum atomic E-state index is 12.0. The minimum atomic E-state index is -4.36. The quantitative estimate of drug-likeness (QED) is 0.794. The molecular formula is C12H22F3N3O. The fourth-order valence-electron chi connectivity index (χ4n) is 2.45. The Morgan fingerprint density at radius 3 is 2.68 bits per heavy atom. The topological polar surface area (TPSA) is 58.4 Å². The summed E-state index contributed by atoms with van der Waals surface area (Å²) < 4.78 is 36.0. The van der Waals surface area contributed by atoms with Crippen molar-refractivity contribution in [1.29, 1.82) is 0 Å². The number of alkyl halides is 3. The van der Waals surface area contributed by atoms with Gasteiger partial charge < -0.3 is 11.1 Å². The third-order valence-electron chi connectivity index (χ3n) is 3.63. The maximum Gasteiger partial charge on any atom is 0.405 e. The fraction of sp³-hybridized carbons (Fsp3) is 0.917. The lowest BCUT2D eigenvalue weighted by molar-refractivity contribution is -0.139. The molecule has 0 bridgehead atoms. The summed E-state index contributed by atoms with van der Waals surface area (Å²) in [5.41, 5.74) is 5.68. The number of likely N-dealkylation sites (tertiary alicyclic amines) is 1. The predicted octanol–water partition coefficient (Wildman–Crippen LogP) is 1.11. The lowest BCUT2D eigenvalue weighted by Gasteiger charge is -2.38. The van der Waals surface area contributed by atoms with E-state index in [1.165, 1.54) is 0 Å². The first-order valence-corrected chi connectivity index (χ1v) is 6.63. The number of amides is 1. The van der Waals surface area contributed by atoms with Crippen LogP contribution in [0.25, 0.3) is 0 Å². The van der Waals surface area contributed by atoms with E-state index in [0.29, 0.717) is 12.5 Å². The number of carbonyl (C=O) groups excluding carboxylic acids is 1. The largest absolute Gasteiger partial charge is 0.405 e. The Hall–Kier alpha value is -0.820. The molecule has 0 spiro atoms. The molecule has 1 aliphatic heterocycles. The Labute approximate surface area is 111 Å². The van der Waals surface area contributed by atoms with Crippen molar-refractivity contribution < 1.29 is 18.0 Å². The van der Waals surface area contributed by atoms with Crippen LogP contribution in [0, 0.1) is 5.92 Å². The van der Waals surface area contributed by atoms with Gasteiger partial charge in [-0.15, -0.1) is 0 Å². The minimum Gasteiger partial charge on any atom is -0.346 e. The van der Waals surface area contributed by atoms with Gasteiger partial charge in [0.25, 0.3) is 0 Å². The number of nitrogens with two attached hydrogens (primary N) is 1. The monoisotopic (exact) mass is 281 g/mol.